The van der Waals surface area contributed by atoms with E-state index in [0.717, 1.165) is 25.0 Å². The van der Waals surface area contributed by atoms with E-state index in [1.807, 2.05) is 0 Å². The van der Waals surface area contributed by atoms with Crippen molar-refractivity contribution in [1.82, 2.24) is 5.43 Å². The number of fused-ring (bicyclic) bond motifs is 1. The minimum absolute atomic E-state index is 0.203. The van der Waals surface area contributed by atoms with Crippen LogP contribution >= 0.6 is 0 Å². The van der Waals surface area contributed by atoms with Gasteiger partial charge in [0.2, 0.25) is 6.79 Å². The topological polar surface area (TPSA) is 59.9 Å². The van der Waals surface area contributed by atoms with Gasteiger partial charge in [-0.15, -0.1) is 0 Å². The maximum Gasteiger partial charge on any atom is 0.271 e. The van der Waals surface area contributed by atoms with E-state index in [4.69, 9.17) is 9.47 Å². The standard InChI is InChI=1S/C18H22N2O3/c1-2-3-4-6-13-7-5-8-15(13)19-20-18(21)14-9-10-16-17(11-14)23-12-22-16/h7,9-11H,2-6,8,12H2,1H3,(H,20,21)/b19-15-. The van der Waals surface area contributed by atoms with E-state index < -0.39 is 0 Å². The first-order valence-corrected chi connectivity index (χ1v) is 8.24. The van der Waals surface area contributed by atoms with Gasteiger partial charge in [-0.25, -0.2) is 5.43 Å². The van der Waals surface area contributed by atoms with Crippen molar-refractivity contribution in [2.75, 3.05) is 6.79 Å². The van der Waals surface area contributed by atoms with Gasteiger partial charge in [0.1, 0.15) is 0 Å². The molecule has 3 rings (SSSR count). The number of hydrazone groups is 1. The Hall–Kier alpha value is -2.30. The lowest BCUT2D eigenvalue weighted by atomic mass is 10.1. The second-order valence-corrected chi connectivity index (χ2v) is 5.79. The molecule has 23 heavy (non-hydrogen) atoms. The molecule has 0 saturated carbocycles. The van der Waals surface area contributed by atoms with Gasteiger partial charge in [0.05, 0.1) is 5.71 Å². The third-order valence-corrected chi connectivity index (χ3v) is 4.12. The third kappa shape index (κ3) is 3.73. The van der Waals surface area contributed by atoms with E-state index in [-0.39, 0.29) is 12.7 Å². The zero-order valence-electron chi connectivity index (χ0n) is 13.4. The van der Waals surface area contributed by atoms with Gasteiger partial charge >= 0.3 is 0 Å². The van der Waals surface area contributed by atoms with E-state index in [1.165, 1.54) is 24.8 Å². The number of nitrogens with zero attached hydrogens (tertiary/aromatic N) is 1. The van der Waals surface area contributed by atoms with Crippen molar-refractivity contribution in [3.63, 3.8) is 0 Å². The summed E-state index contributed by atoms with van der Waals surface area (Å²) in [5.74, 6) is 1.05. The molecule has 5 heteroatoms. The van der Waals surface area contributed by atoms with Crippen LogP contribution in [0.15, 0.2) is 34.9 Å². The fraction of sp³-hybridized carbons (Fsp3) is 0.444. The molecule has 0 atom stereocenters. The highest BCUT2D eigenvalue weighted by atomic mass is 16.7. The minimum atomic E-state index is -0.226. The highest BCUT2D eigenvalue weighted by molar-refractivity contribution is 6.03. The fourth-order valence-electron chi connectivity index (χ4n) is 2.82. The molecule has 122 valence electrons. The van der Waals surface area contributed by atoms with E-state index in [0.29, 0.717) is 17.1 Å². The van der Waals surface area contributed by atoms with Crippen LogP contribution in [0.2, 0.25) is 0 Å². The molecule has 1 aliphatic heterocycles. The van der Waals surface area contributed by atoms with Crippen molar-refractivity contribution in [3.8, 4) is 11.5 Å². The molecule has 1 N–H and O–H groups in total. The van der Waals surface area contributed by atoms with Crippen molar-refractivity contribution in [1.29, 1.82) is 0 Å². The number of amides is 1. The first-order valence-electron chi connectivity index (χ1n) is 8.24. The molecule has 0 aromatic heterocycles. The average molecular weight is 314 g/mol. The Bertz CT molecular complexity index is 650. The highest BCUT2D eigenvalue weighted by Crippen LogP contribution is 2.32. The van der Waals surface area contributed by atoms with Crippen LogP contribution in [0.3, 0.4) is 0 Å². The summed E-state index contributed by atoms with van der Waals surface area (Å²) >= 11 is 0. The van der Waals surface area contributed by atoms with Crippen LogP contribution < -0.4 is 14.9 Å². The highest BCUT2D eigenvalue weighted by Gasteiger charge is 2.17. The van der Waals surface area contributed by atoms with Crippen LogP contribution in [0.25, 0.3) is 0 Å². The molecular formula is C18H22N2O3. The Morgan fingerprint density at radius 1 is 1.26 bits per heavy atom. The molecule has 0 fully saturated rings. The first-order chi connectivity index (χ1) is 11.3. The second kappa shape index (κ2) is 7.31. The normalized spacial score (nSPS) is 17.4. The summed E-state index contributed by atoms with van der Waals surface area (Å²) in [5, 5.41) is 4.33. The maximum absolute atomic E-state index is 12.2. The Labute approximate surface area is 136 Å². The molecule has 5 nitrogen and oxygen atoms in total. The number of ether oxygens (including phenoxy) is 2. The molecule has 1 heterocycles. The summed E-state index contributed by atoms with van der Waals surface area (Å²) in [6, 6.07) is 5.15. The smallest absolute Gasteiger partial charge is 0.271 e. The van der Waals surface area contributed by atoms with Crippen molar-refractivity contribution < 1.29 is 14.3 Å². The summed E-state index contributed by atoms with van der Waals surface area (Å²) in [5.41, 5.74) is 5.48. The summed E-state index contributed by atoms with van der Waals surface area (Å²) in [6.07, 6.45) is 8.82. The molecule has 0 saturated heterocycles. The number of carbonyl (C=O) groups excluding carboxylic acids is 1. The number of nitrogens with one attached hydrogen (secondary N) is 1. The lowest BCUT2D eigenvalue weighted by molar-refractivity contribution is 0.0954. The summed E-state index contributed by atoms with van der Waals surface area (Å²) in [4.78, 5) is 12.2. The SMILES string of the molecule is CCCCCC1=CCC/C1=N/NC(=O)c1ccc2c(c1)OCO2. The largest absolute Gasteiger partial charge is 0.454 e. The first kappa shape index (κ1) is 15.6. The molecule has 1 aliphatic carbocycles. The number of hydrogen-bond acceptors (Lipinski definition) is 4. The van der Waals surface area contributed by atoms with Crippen molar-refractivity contribution in [2.24, 2.45) is 5.10 Å². The van der Waals surface area contributed by atoms with E-state index in [1.54, 1.807) is 18.2 Å². The molecule has 2 aliphatic rings. The lowest BCUT2D eigenvalue weighted by Crippen LogP contribution is -2.19. The quantitative estimate of drug-likeness (QED) is 0.642. The Morgan fingerprint density at radius 2 is 2.13 bits per heavy atom. The molecule has 0 spiro atoms. The molecule has 0 radical (unpaired) electrons. The van der Waals surface area contributed by atoms with Crippen LogP contribution in [-0.4, -0.2) is 18.4 Å². The van der Waals surface area contributed by atoms with Crippen molar-refractivity contribution >= 4 is 11.6 Å². The second-order valence-electron chi connectivity index (χ2n) is 5.79. The molecule has 1 amide bonds. The van der Waals surface area contributed by atoms with Crippen molar-refractivity contribution in [3.05, 3.63) is 35.4 Å². The number of unbranched alkanes of at least 4 members (excludes halogenated alkanes) is 2. The molecular weight excluding hydrogens is 292 g/mol. The Balaban J connectivity index is 1.60. The molecule has 0 unspecified atom stereocenters. The molecule has 1 aromatic carbocycles. The van der Waals surface area contributed by atoms with Crippen LogP contribution in [0.4, 0.5) is 0 Å². The van der Waals surface area contributed by atoms with Gasteiger partial charge in [-0.3, -0.25) is 4.79 Å². The summed E-state index contributed by atoms with van der Waals surface area (Å²) in [7, 11) is 0. The zero-order valence-corrected chi connectivity index (χ0v) is 13.4. The van der Waals surface area contributed by atoms with Gasteiger partial charge in [0.15, 0.2) is 11.5 Å². The van der Waals surface area contributed by atoms with Gasteiger partial charge in [0.25, 0.3) is 5.91 Å². The number of carbonyl (C=O) groups is 1. The number of benzene rings is 1. The maximum atomic E-state index is 12.2. The average Bonchev–Trinajstić information content (AvgIpc) is 3.21. The van der Waals surface area contributed by atoms with Crippen LogP contribution in [0.1, 0.15) is 55.8 Å². The Kier molecular flexibility index (Phi) is 4.95. The van der Waals surface area contributed by atoms with Gasteiger partial charge in [-0.2, -0.15) is 5.10 Å². The third-order valence-electron chi connectivity index (χ3n) is 4.12. The lowest BCUT2D eigenvalue weighted by Gasteiger charge is -2.06. The van der Waals surface area contributed by atoms with Crippen LogP contribution in [0, 0.1) is 0 Å². The molecule has 1 aromatic rings. The monoisotopic (exact) mass is 314 g/mol. The number of hydrogen-bond donors (Lipinski definition) is 1. The number of rotatable bonds is 6. The fourth-order valence-corrected chi connectivity index (χ4v) is 2.82. The van der Waals surface area contributed by atoms with Gasteiger partial charge in [-0.05, 0) is 49.5 Å². The van der Waals surface area contributed by atoms with Gasteiger partial charge < -0.3 is 9.47 Å². The van der Waals surface area contributed by atoms with Gasteiger partial charge in [-0.1, -0.05) is 25.8 Å². The van der Waals surface area contributed by atoms with Gasteiger partial charge in [0, 0.05) is 5.56 Å². The van der Waals surface area contributed by atoms with E-state index in [9.17, 15) is 4.79 Å². The van der Waals surface area contributed by atoms with E-state index in [2.05, 4.69) is 23.5 Å². The van der Waals surface area contributed by atoms with Crippen molar-refractivity contribution in [2.45, 2.75) is 45.4 Å². The predicted octanol–water partition coefficient (Wildman–Crippen LogP) is 3.80. The minimum Gasteiger partial charge on any atom is -0.454 e. The van der Waals surface area contributed by atoms with Crippen LogP contribution in [-0.2, 0) is 0 Å². The van der Waals surface area contributed by atoms with Crippen LogP contribution in [0.5, 0.6) is 11.5 Å². The Morgan fingerprint density at radius 3 is 3.00 bits per heavy atom. The summed E-state index contributed by atoms with van der Waals surface area (Å²) < 4.78 is 10.5. The zero-order chi connectivity index (χ0) is 16.1. The summed E-state index contributed by atoms with van der Waals surface area (Å²) in [6.45, 7) is 2.40. The predicted molar refractivity (Wildman–Crippen MR) is 88.9 cm³/mol. The van der Waals surface area contributed by atoms with E-state index >= 15 is 0 Å². The number of allylic oxidation sites excluding steroid dienone is 2. The molecule has 0 bridgehead atoms.